The summed E-state index contributed by atoms with van der Waals surface area (Å²) in [5.74, 6) is -0.844. The SMILES string of the molecule is CC(C)n1cc(F)c([S@](N)(=O)=NC(=O)Nc2c3c(nc4c2CCC4)CCC3)n1. The fraction of sp³-hybridized carbons (Fsp3) is 0.500. The first-order valence-electron chi connectivity index (χ1n) is 9.40. The molecule has 2 aromatic heterocycles. The molecule has 3 N–H and O–H groups in total. The van der Waals surface area contributed by atoms with E-state index in [2.05, 4.69) is 14.8 Å². The molecule has 0 aliphatic heterocycles. The van der Waals surface area contributed by atoms with Crippen molar-refractivity contribution in [3.05, 3.63) is 34.5 Å². The maximum atomic E-state index is 14.2. The summed E-state index contributed by atoms with van der Waals surface area (Å²) in [7, 11) is -3.81. The Morgan fingerprint density at radius 3 is 2.39 bits per heavy atom. The lowest BCUT2D eigenvalue weighted by molar-refractivity contribution is 0.260. The summed E-state index contributed by atoms with van der Waals surface area (Å²) in [5.41, 5.74) is 4.76. The number of hydrogen-bond acceptors (Lipinski definition) is 4. The fourth-order valence-corrected chi connectivity index (χ4v) is 4.77. The second-order valence-electron chi connectivity index (χ2n) is 7.49. The first-order valence-corrected chi connectivity index (χ1v) is 11.0. The summed E-state index contributed by atoms with van der Waals surface area (Å²) in [6.07, 6.45) is 6.49. The van der Waals surface area contributed by atoms with Crippen molar-refractivity contribution in [3.63, 3.8) is 0 Å². The second kappa shape index (κ2) is 6.93. The van der Waals surface area contributed by atoms with Crippen LogP contribution in [-0.2, 0) is 35.6 Å². The van der Waals surface area contributed by atoms with Gasteiger partial charge in [0.1, 0.15) is 0 Å². The number of anilines is 1. The predicted molar refractivity (Wildman–Crippen MR) is 103 cm³/mol. The molecule has 0 saturated carbocycles. The van der Waals surface area contributed by atoms with Crippen LogP contribution in [0.15, 0.2) is 15.6 Å². The highest BCUT2D eigenvalue weighted by molar-refractivity contribution is 7.91. The lowest BCUT2D eigenvalue weighted by Gasteiger charge is -2.14. The lowest BCUT2D eigenvalue weighted by atomic mass is 10.1. The molecule has 150 valence electrons. The third-order valence-electron chi connectivity index (χ3n) is 5.16. The molecule has 8 nitrogen and oxygen atoms in total. The van der Waals surface area contributed by atoms with Gasteiger partial charge in [0.2, 0.25) is 5.03 Å². The van der Waals surface area contributed by atoms with E-state index in [1.54, 1.807) is 13.8 Å². The third-order valence-corrected chi connectivity index (χ3v) is 6.43. The summed E-state index contributed by atoms with van der Waals surface area (Å²) in [4.78, 5) is 17.3. The molecule has 4 rings (SSSR count). The van der Waals surface area contributed by atoms with E-state index in [0.29, 0.717) is 5.69 Å². The Morgan fingerprint density at radius 2 is 1.86 bits per heavy atom. The number of urea groups is 1. The molecule has 0 fully saturated rings. The molecular formula is C18H23FN6O2S. The van der Waals surface area contributed by atoms with Crippen LogP contribution in [-0.4, -0.2) is 25.0 Å². The number of aryl methyl sites for hydroxylation is 2. The van der Waals surface area contributed by atoms with Crippen molar-refractivity contribution < 1.29 is 13.4 Å². The van der Waals surface area contributed by atoms with E-state index >= 15 is 0 Å². The number of rotatable bonds is 3. The zero-order valence-electron chi connectivity index (χ0n) is 15.9. The van der Waals surface area contributed by atoms with Crippen molar-refractivity contribution in [1.82, 2.24) is 14.8 Å². The van der Waals surface area contributed by atoms with Gasteiger partial charge in [-0.3, -0.25) is 9.67 Å². The van der Waals surface area contributed by atoms with Gasteiger partial charge in [0.15, 0.2) is 15.7 Å². The maximum absolute atomic E-state index is 14.2. The van der Waals surface area contributed by atoms with E-state index in [1.165, 1.54) is 4.68 Å². The molecule has 2 aromatic rings. The first kappa shape index (κ1) is 19.0. The van der Waals surface area contributed by atoms with E-state index in [9.17, 15) is 13.4 Å². The molecule has 0 bridgehead atoms. The Kier molecular flexibility index (Phi) is 4.70. The van der Waals surface area contributed by atoms with Crippen molar-refractivity contribution in [2.45, 2.75) is 63.4 Å². The Hall–Kier alpha value is -2.33. The molecule has 2 aliphatic carbocycles. The van der Waals surface area contributed by atoms with Crippen molar-refractivity contribution in [2.24, 2.45) is 9.50 Å². The number of aromatic nitrogens is 3. The molecular weight excluding hydrogens is 383 g/mol. The zero-order chi connectivity index (χ0) is 20.1. The molecule has 10 heteroatoms. The number of pyridine rings is 1. The molecule has 0 unspecified atom stereocenters. The van der Waals surface area contributed by atoms with Crippen LogP contribution in [0.4, 0.5) is 14.9 Å². The van der Waals surface area contributed by atoms with Gasteiger partial charge in [0, 0.05) is 17.4 Å². The highest BCUT2D eigenvalue weighted by Crippen LogP contribution is 2.36. The van der Waals surface area contributed by atoms with Gasteiger partial charge < -0.3 is 5.32 Å². The minimum absolute atomic E-state index is 0.144. The zero-order valence-corrected chi connectivity index (χ0v) is 16.7. The molecule has 0 saturated heterocycles. The molecule has 0 aromatic carbocycles. The van der Waals surface area contributed by atoms with Gasteiger partial charge in [-0.2, -0.15) is 5.10 Å². The minimum atomic E-state index is -3.81. The Labute approximate surface area is 163 Å². The Bertz CT molecular complexity index is 1050. The van der Waals surface area contributed by atoms with Gasteiger partial charge in [-0.1, -0.05) is 0 Å². The van der Waals surface area contributed by atoms with Crippen LogP contribution < -0.4 is 10.5 Å². The predicted octanol–water partition coefficient (Wildman–Crippen LogP) is 2.91. The molecule has 28 heavy (non-hydrogen) atoms. The number of nitrogens with zero attached hydrogens (tertiary/aromatic N) is 4. The molecule has 2 aliphatic rings. The standard InChI is InChI=1S/C18H23FN6O2S/c1-10(2)25-9-13(19)17(23-25)28(20,27)24-18(26)22-16-11-5-3-7-14(11)21-15-8-4-6-12(15)16/h9-10H,3-8H2,1-2H3,(H3,20,21,22,24,26,27)/t28-/m1/s1. The summed E-state index contributed by atoms with van der Waals surface area (Å²) < 4.78 is 31.8. The van der Waals surface area contributed by atoms with Crippen LogP contribution in [0, 0.1) is 5.82 Å². The topological polar surface area (TPSA) is 115 Å². The van der Waals surface area contributed by atoms with Crippen molar-refractivity contribution in [1.29, 1.82) is 0 Å². The molecule has 2 heterocycles. The van der Waals surface area contributed by atoms with Crippen LogP contribution in [0.2, 0.25) is 0 Å². The summed E-state index contributed by atoms with van der Waals surface area (Å²) in [6.45, 7) is 3.59. The smallest absolute Gasteiger partial charge is 0.305 e. The molecule has 0 spiro atoms. The highest BCUT2D eigenvalue weighted by atomic mass is 32.2. The number of carbonyl (C=O) groups is 1. The average Bonchev–Trinajstić information content (AvgIpc) is 3.32. The third kappa shape index (κ3) is 3.30. The van der Waals surface area contributed by atoms with Gasteiger partial charge in [-0.25, -0.2) is 18.5 Å². The van der Waals surface area contributed by atoms with E-state index in [-0.39, 0.29) is 6.04 Å². The highest BCUT2D eigenvalue weighted by Gasteiger charge is 2.27. The van der Waals surface area contributed by atoms with Crippen LogP contribution >= 0.6 is 0 Å². The number of nitrogens with one attached hydrogen (secondary N) is 1. The number of fused-ring (bicyclic) bond motifs is 2. The van der Waals surface area contributed by atoms with Crippen molar-refractivity contribution in [3.8, 4) is 0 Å². The number of amides is 2. The van der Waals surface area contributed by atoms with Gasteiger partial charge in [0.05, 0.1) is 11.9 Å². The summed E-state index contributed by atoms with van der Waals surface area (Å²) >= 11 is 0. The number of nitrogens with two attached hydrogens (primary N) is 1. The molecule has 1 atom stereocenters. The quantitative estimate of drug-likeness (QED) is 0.815. The van der Waals surface area contributed by atoms with Gasteiger partial charge in [-0.15, -0.1) is 4.36 Å². The summed E-state index contributed by atoms with van der Waals surface area (Å²) in [6, 6.07) is -1.00. The van der Waals surface area contributed by atoms with E-state index in [0.717, 1.165) is 67.2 Å². The monoisotopic (exact) mass is 406 g/mol. The van der Waals surface area contributed by atoms with Crippen LogP contribution in [0.25, 0.3) is 0 Å². The lowest BCUT2D eigenvalue weighted by Crippen LogP contribution is -2.20. The number of hydrogen-bond donors (Lipinski definition) is 2. The van der Waals surface area contributed by atoms with E-state index in [4.69, 9.17) is 10.1 Å². The molecule has 0 radical (unpaired) electrons. The van der Waals surface area contributed by atoms with Crippen LogP contribution in [0.3, 0.4) is 0 Å². The van der Waals surface area contributed by atoms with Crippen LogP contribution in [0.5, 0.6) is 0 Å². The fourth-order valence-electron chi connectivity index (χ4n) is 3.85. The maximum Gasteiger partial charge on any atom is 0.354 e. The largest absolute Gasteiger partial charge is 0.354 e. The van der Waals surface area contributed by atoms with Gasteiger partial charge in [0.25, 0.3) is 0 Å². The normalized spacial score (nSPS) is 17.3. The second-order valence-corrected chi connectivity index (χ2v) is 9.20. The minimum Gasteiger partial charge on any atom is -0.305 e. The van der Waals surface area contributed by atoms with E-state index in [1.807, 2.05) is 0 Å². The Morgan fingerprint density at radius 1 is 1.25 bits per heavy atom. The van der Waals surface area contributed by atoms with Crippen molar-refractivity contribution in [2.75, 3.05) is 5.32 Å². The van der Waals surface area contributed by atoms with Crippen LogP contribution in [0.1, 0.15) is 55.2 Å². The summed E-state index contributed by atoms with van der Waals surface area (Å²) in [5, 5.41) is 11.9. The average molecular weight is 406 g/mol. The Balaban J connectivity index is 1.68. The van der Waals surface area contributed by atoms with E-state index < -0.39 is 26.8 Å². The van der Waals surface area contributed by atoms with Gasteiger partial charge in [-0.05, 0) is 63.5 Å². The van der Waals surface area contributed by atoms with Gasteiger partial charge >= 0.3 is 6.03 Å². The first-order chi connectivity index (χ1) is 13.3. The number of halogens is 1. The molecule has 2 amide bonds. The number of carbonyl (C=O) groups excluding carboxylic acids is 1. The van der Waals surface area contributed by atoms with Crippen molar-refractivity contribution >= 4 is 21.6 Å².